The van der Waals surface area contributed by atoms with Gasteiger partial charge in [-0.3, -0.25) is 9.69 Å². The average Bonchev–Trinajstić information content (AvgIpc) is 3.55. The maximum absolute atomic E-state index is 14.4. The second-order valence-corrected chi connectivity index (χ2v) is 9.68. The number of fused-ring (bicyclic) bond motifs is 3. The minimum absolute atomic E-state index is 0. The highest BCUT2D eigenvalue weighted by atomic mass is 35.5. The van der Waals surface area contributed by atoms with Gasteiger partial charge in [0.05, 0.1) is 22.5 Å². The number of para-hydroxylation sites is 3. The van der Waals surface area contributed by atoms with Crippen LogP contribution in [0.3, 0.4) is 0 Å². The van der Waals surface area contributed by atoms with Crippen molar-refractivity contribution in [1.29, 1.82) is 0 Å². The van der Waals surface area contributed by atoms with Gasteiger partial charge in [-0.25, -0.2) is 9.97 Å². The molecule has 1 aliphatic rings. The van der Waals surface area contributed by atoms with Crippen LogP contribution in [0, 0.1) is 6.92 Å². The van der Waals surface area contributed by atoms with Gasteiger partial charge in [0, 0.05) is 36.6 Å². The molecule has 0 fully saturated rings. The maximum Gasteiger partial charge on any atom is 0.241 e. The number of ether oxygens (including phenoxy) is 1. The summed E-state index contributed by atoms with van der Waals surface area (Å²) in [7, 11) is 0. The quantitative estimate of drug-likeness (QED) is 0.255. The van der Waals surface area contributed by atoms with E-state index in [0.29, 0.717) is 6.54 Å². The second-order valence-electron chi connectivity index (χ2n) is 8.67. The van der Waals surface area contributed by atoms with Crippen LogP contribution in [0.1, 0.15) is 29.0 Å². The number of carbonyl (C=O) groups excluding carboxylic acids is 1. The number of hydrogen-bond acceptors (Lipinski definition) is 5. The summed E-state index contributed by atoms with van der Waals surface area (Å²) in [4.78, 5) is 25.3. The summed E-state index contributed by atoms with van der Waals surface area (Å²) in [5.74, 6) is 0.999. The molecule has 6 nitrogen and oxygen atoms in total. The lowest BCUT2D eigenvalue weighted by Gasteiger charge is -2.31. The van der Waals surface area contributed by atoms with E-state index in [1.54, 1.807) is 23.9 Å². The molecule has 0 spiro atoms. The number of amides is 1. The molecule has 8 heteroatoms. The van der Waals surface area contributed by atoms with E-state index in [1.165, 1.54) is 0 Å². The van der Waals surface area contributed by atoms with Gasteiger partial charge >= 0.3 is 0 Å². The molecular formula is C28H25ClN4O2S. The van der Waals surface area contributed by atoms with Crippen molar-refractivity contribution >= 4 is 45.0 Å². The molecular weight excluding hydrogens is 492 g/mol. The fourth-order valence-electron chi connectivity index (χ4n) is 4.65. The van der Waals surface area contributed by atoms with Crippen molar-refractivity contribution in [1.82, 2.24) is 14.5 Å². The number of aryl methyl sites for hydroxylation is 2. The number of benzene rings is 3. The van der Waals surface area contributed by atoms with E-state index < -0.39 is 5.92 Å². The Bertz CT molecular complexity index is 1470. The number of rotatable bonds is 6. The Morgan fingerprint density at radius 1 is 1.03 bits per heavy atom. The zero-order valence-electron chi connectivity index (χ0n) is 19.7. The van der Waals surface area contributed by atoms with Crippen LogP contribution >= 0.6 is 23.7 Å². The highest BCUT2D eigenvalue weighted by Gasteiger charge is 2.36. The molecule has 0 unspecified atom stereocenters. The van der Waals surface area contributed by atoms with E-state index in [0.717, 1.165) is 56.5 Å². The van der Waals surface area contributed by atoms with Crippen molar-refractivity contribution in [2.24, 2.45) is 0 Å². The Balaban J connectivity index is 0.00000267. The molecule has 182 valence electrons. The van der Waals surface area contributed by atoms with Crippen LogP contribution in [0.15, 0.2) is 85.5 Å². The maximum atomic E-state index is 14.4. The van der Waals surface area contributed by atoms with Crippen molar-refractivity contribution in [3.63, 3.8) is 0 Å². The summed E-state index contributed by atoms with van der Waals surface area (Å²) in [5.41, 5.74) is 3.83. The van der Waals surface area contributed by atoms with Crippen LogP contribution in [0.2, 0.25) is 0 Å². The molecule has 36 heavy (non-hydrogen) atoms. The number of carbonyl (C=O) groups is 1. The lowest BCUT2D eigenvalue weighted by molar-refractivity contribution is -0.119. The summed E-state index contributed by atoms with van der Waals surface area (Å²) in [6.45, 7) is 3.38. The Kier molecular flexibility index (Phi) is 6.76. The van der Waals surface area contributed by atoms with E-state index in [2.05, 4.69) is 24.0 Å². The number of nitrogens with zero attached hydrogens (tertiary/aromatic N) is 4. The molecule has 3 aromatic carbocycles. The molecule has 0 atom stereocenters. The van der Waals surface area contributed by atoms with Gasteiger partial charge in [-0.05, 0) is 37.1 Å². The third kappa shape index (κ3) is 4.36. The molecule has 0 N–H and O–H groups in total. The Hall–Kier alpha value is -3.68. The first kappa shape index (κ1) is 24.0. The van der Waals surface area contributed by atoms with Gasteiger partial charge in [0.1, 0.15) is 11.5 Å². The second kappa shape index (κ2) is 10.1. The molecule has 2 aromatic heterocycles. The van der Waals surface area contributed by atoms with Crippen molar-refractivity contribution in [2.45, 2.75) is 25.8 Å². The lowest BCUT2D eigenvalue weighted by Crippen LogP contribution is -2.37. The van der Waals surface area contributed by atoms with Gasteiger partial charge in [-0.15, -0.1) is 12.4 Å². The molecule has 0 saturated carbocycles. The molecule has 0 saturated heterocycles. The highest BCUT2D eigenvalue weighted by Crippen LogP contribution is 2.45. The van der Waals surface area contributed by atoms with Crippen LogP contribution in [0.4, 0.5) is 5.13 Å². The van der Waals surface area contributed by atoms with Crippen molar-refractivity contribution < 1.29 is 9.53 Å². The smallest absolute Gasteiger partial charge is 0.241 e. The van der Waals surface area contributed by atoms with Crippen LogP contribution in [-0.2, 0) is 11.3 Å². The Labute approximate surface area is 219 Å². The van der Waals surface area contributed by atoms with Gasteiger partial charge in [0.2, 0.25) is 5.91 Å². The van der Waals surface area contributed by atoms with Crippen molar-refractivity contribution in [3.05, 3.63) is 102 Å². The summed E-state index contributed by atoms with van der Waals surface area (Å²) in [6, 6.07) is 21.8. The molecule has 1 aliphatic heterocycles. The topological polar surface area (TPSA) is 60.2 Å². The number of thiazole rings is 1. The molecule has 5 aromatic rings. The number of imidazole rings is 1. The van der Waals surface area contributed by atoms with E-state index in [4.69, 9.17) is 9.72 Å². The van der Waals surface area contributed by atoms with E-state index in [1.807, 2.05) is 70.3 Å². The first-order valence-electron chi connectivity index (χ1n) is 11.7. The molecule has 0 radical (unpaired) electrons. The number of aromatic nitrogens is 3. The Morgan fingerprint density at radius 3 is 2.42 bits per heavy atom. The highest BCUT2D eigenvalue weighted by molar-refractivity contribution is 7.22. The standard InChI is InChI=1S/C28H24N4O2S.ClH/c1-19-8-6-13-24-26(19)30-28(35-24)32(16-7-15-31-17-14-29-18-31)27(33)25-20-9-2-4-11-22(20)34-23-12-5-3-10-21(23)25;/h2-6,8-14,17-18,25H,7,15-16H2,1H3;1H. The van der Waals surface area contributed by atoms with Gasteiger partial charge < -0.3 is 9.30 Å². The summed E-state index contributed by atoms with van der Waals surface area (Å²) in [5, 5.41) is 0.728. The monoisotopic (exact) mass is 516 g/mol. The normalized spacial score (nSPS) is 12.4. The van der Waals surface area contributed by atoms with Crippen molar-refractivity contribution in [3.8, 4) is 11.5 Å². The van der Waals surface area contributed by atoms with E-state index in [-0.39, 0.29) is 18.3 Å². The fourth-order valence-corrected chi connectivity index (χ4v) is 5.73. The number of hydrogen-bond donors (Lipinski definition) is 0. The van der Waals surface area contributed by atoms with Gasteiger partial charge in [0.25, 0.3) is 0 Å². The van der Waals surface area contributed by atoms with Crippen LogP contribution < -0.4 is 9.64 Å². The number of halogens is 1. The molecule has 3 heterocycles. The average molecular weight is 517 g/mol. The Morgan fingerprint density at radius 2 is 1.75 bits per heavy atom. The molecule has 0 aliphatic carbocycles. The first-order valence-corrected chi connectivity index (χ1v) is 12.5. The number of anilines is 1. The SMILES string of the molecule is Cc1cccc2sc(N(CCCn3ccnc3)C(=O)C3c4ccccc4Oc4ccccc43)nc12.Cl. The zero-order chi connectivity index (χ0) is 23.8. The summed E-state index contributed by atoms with van der Waals surface area (Å²) in [6.07, 6.45) is 6.30. The fraction of sp³-hybridized carbons (Fsp3) is 0.179. The first-order chi connectivity index (χ1) is 17.2. The van der Waals surface area contributed by atoms with E-state index >= 15 is 0 Å². The van der Waals surface area contributed by atoms with Gasteiger partial charge in [-0.2, -0.15) is 0 Å². The van der Waals surface area contributed by atoms with Gasteiger partial charge in [0.15, 0.2) is 5.13 Å². The largest absolute Gasteiger partial charge is 0.457 e. The molecule has 1 amide bonds. The van der Waals surface area contributed by atoms with Crippen LogP contribution in [0.25, 0.3) is 10.2 Å². The zero-order valence-corrected chi connectivity index (χ0v) is 21.3. The van der Waals surface area contributed by atoms with Crippen LogP contribution in [-0.4, -0.2) is 27.0 Å². The predicted octanol–water partition coefficient (Wildman–Crippen LogP) is 6.58. The third-order valence-electron chi connectivity index (χ3n) is 6.39. The van der Waals surface area contributed by atoms with Crippen LogP contribution in [0.5, 0.6) is 11.5 Å². The minimum atomic E-state index is -0.461. The molecule has 6 rings (SSSR count). The molecule has 0 bridgehead atoms. The van der Waals surface area contributed by atoms with E-state index in [9.17, 15) is 4.79 Å². The third-order valence-corrected chi connectivity index (χ3v) is 7.43. The predicted molar refractivity (Wildman–Crippen MR) is 146 cm³/mol. The lowest BCUT2D eigenvalue weighted by atomic mass is 9.87. The summed E-state index contributed by atoms with van der Waals surface area (Å²) < 4.78 is 9.26. The summed E-state index contributed by atoms with van der Waals surface area (Å²) >= 11 is 1.57. The minimum Gasteiger partial charge on any atom is -0.457 e. The van der Waals surface area contributed by atoms with Crippen molar-refractivity contribution in [2.75, 3.05) is 11.4 Å². The van der Waals surface area contributed by atoms with Gasteiger partial charge in [-0.1, -0.05) is 59.9 Å².